The zero-order chi connectivity index (χ0) is 10.4. The smallest absolute Gasteiger partial charge is 0.317 e. The molecule has 0 radical (unpaired) electrons. The average Bonchev–Trinajstić information content (AvgIpc) is 2.56. The molecule has 1 N–H and O–H groups in total. The number of hydrogen-bond acceptors (Lipinski definition) is 4. The lowest BCUT2D eigenvalue weighted by molar-refractivity contribution is -0.138. The van der Waals surface area contributed by atoms with Crippen molar-refractivity contribution in [2.75, 3.05) is 13.1 Å². The largest absolute Gasteiger partial charge is 0.480 e. The minimum Gasteiger partial charge on any atom is -0.480 e. The van der Waals surface area contributed by atoms with Crippen LogP contribution >= 0.6 is 0 Å². The highest BCUT2D eigenvalue weighted by Gasteiger charge is 2.09. The van der Waals surface area contributed by atoms with Gasteiger partial charge in [-0.05, 0) is 13.0 Å². The van der Waals surface area contributed by atoms with Crippen molar-refractivity contribution in [3.8, 4) is 0 Å². The molecule has 5 nitrogen and oxygen atoms in total. The Morgan fingerprint density at radius 1 is 1.71 bits per heavy atom. The molecule has 0 unspecified atom stereocenters. The van der Waals surface area contributed by atoms with Crippen LogP contribution in [-0.4, -0.2) is 34.2 Å². The molecule has 0 bridgehead atoms. The highest BCUT2D eigenvalue weighted by atomic mass is 16.5. The number of carbonyl (C=O) groups is 1. The third kappa shape index (κ3) is 3.57. The van der Waals surface area contributed by atoms with Gasteiger partial charge in [0.2, 0.25) is 0 Å². The van der Waals surface area contributed by atoms with Gasteiger partial charge in [-0.2, -0.15) is 0 Å². The van der Waals surface area contributed by atoms with Crippen LogP contribution in [0.5, 0.6) is 0 Å². The molecule has 0 spiro atoms. The van der Waals surface area contributed by atoms with Crippen molar-refractivity contribution in [1.82, 2.24) is 10.1 Å². The zero-order valence-electron chi connectivity index (χ0n) is 8.14. The molecule has 14 heavy (non-hydrogen) atoms. The molecule has 0 saturated carbocycles. The highest BCUT2D eigenvalue weighted by molar-refractivity contribution is 5.69. The number of hydrogen-bond donors (Lipinski definition) is 1. The van der Waals surface area contributed by atoms with E-state index in [2.05, 4.69) is 9.68 Å². The molecule has 0 aliphatic heterocycles. The van der Waals surface area contributed by atoms with E-state index in [1.165, 1.54) is 6.26 Å². The van der Waals surface area contributed by atoms with Crippen LogP contribution in [-0.2, 0) is 11.3 Å². The second-order valence-corrected chi connectivity index (χ2v) is 3.14. The Bertz CT molecular complexity index is 272. The molecule has 0 amide bonds. The molecule has 5 heteroatoms. The Labute approximate surface area is 82.3 Å². The summed E-state index contributed by atoms with van der Waals surface area (Å²) in [7, 11) is 0. The standard InChI is InChI=1S/C9H14N2O3/c1-2-3-11(6-9(12)13)5-8-4-10-14-7-8/h4,7H,2-3,5-6H2,1H3,(H,12,13). The minimum absolute atomic E-state index is 0.0546. The fourth-order valence-electron chi connectivity index (χ4n) is 1.28. The van der Waals surface area contributed by atoms with Gasteiger partial charge in [-0.15, -0.1) is 0 Å². The van der Waals surface area contributed by atoms with Gasteiger partial charge in [0.1, 0.15) is 6.26 Å². The summed E-state index contributed by atoms with van der Waals surface area (Å²) in [4.78, 5) is 12.4. The van der Waals surface area contributed by atoms with Crippen LogP contribution in [0.4, 0.5) is 0 Å². The molecule has 78 valence electrons. The van der Waals surface area contributed by atoms with Gasteiger partial charge in [0.25, 0.3) is 0 Å². The molecule has 0 aliphatic rings. The first-order chi connectivity index (χ1) is 6.72. The van der Waals surface area contributed by atoms with E-state index in [-0.39, 0.29) is 6.54 Å². The van der Waals surface area contributed by atoms with Gasteiger partial charge in [0, 0.05) is 12.1 Å². The second kappa shape index (κ2) is 5.39. The predicted molar refractivity (Wildman–Crippen MR) is 49.7 cm³/mol. The van der Waals surface area contributed by atoms with Crippen LogP contribution in [0.2, 0.25) is 0 Å². The third-order valence-electron chi connectivity index (χ3n) is 1.79. The van der Waals surface area contributed by atoms with Crippen LogP contribution in [0.25, 0.3) is 0 Å². The first kappa shape index (κ1) is 10.7. The number of carboxylic acids is 1. The van der Waals surface area contributed by atoms with Crippen molar-refractivity contribution in [2.45, 2.75) is 19.9 Å². The summed E-state index contributed by atoms with van der Waals surface area (Å²) in [5.41, 5.74) is 0.903. The van der Waals surface area contributed by atoms with Crippen LogP contribution in [0, 0.1) is 0 Å². The Balaban J connectivity index is 2.46. The van der Waals surface area contributed by atoms with Crippen molar-refractivity contribution >= 4 is 5.97 Å². The van der Waals surface area contributed by atoms with Gasteiger partial charge in [0.15, 0.2) is 0 Å². The van der Waals surface area contributed by atoms with E-state index in [1.54, 1.807) is 6.20 Å². The molecule has 0 aliphatic carbocycles. The Morgan fingerprint density at radius 3 is 3.00 bits per heavy atom. The van der Waals surface area contributed by atoms with E-state index in [0.29, 0.717) is 6.54 Å². The molecule has 1 aromatic heterocycles. The Morgan fingerprint density at radius 2 is 2.50 bits per heavy atom. The predicted octanol–water partition coefficient (Wildman–Crippen LogP) is 0.971. The lowest BCUT2D eigenvalue weighted by Gasteiger charge is -2.17. The van der Waals surface area contributed by atoms with E-state index in [4.69, 9.17) is 5.11 Å². The zero-order valence-corrected chi connectivity index (χ0v) is 8.14. The Kier molecular flexibility index (Phi) is 4.12. The summed E-state index contributed by atoms with van der Waals surface area (Å²) in [6.07, 6.45) is 4.06. The van der Waals surface area contributed by atoms with Gasteiger partial charge < -0.3 is 9.63 Å². The fourth-order valence-corrected chi connectivity index (χ4v) is 1.28. The lowest BCUT2D eigenvalue weighted by Crippen LogP contribution is -2.29. The van der Waals surface area contributed by atoms with Gasteiger partial charge >= 0.3 is 5.97 Å². The lowest BCUT2D eigenvalue weighted by atomic mass is 10.3. The van der Waals surface area contributed by atoms with Crippen molar-refractivity contribution < 1.29 is 14.4 Å². The van der Waals surface area contributed by atoms with E-state index in [0.717, 1.165) is 18.5 Å². The molecule has 0 saturated heterocycles. The number of aliphatic carboxylic acids is 1. The minimum atomic E-state index is -0.810. The average molecular weight is 198 g/mol. The molecular weight excluding hydrogens is 184 g/mol. The van der Waals surface area contributed by atoms with E-state index < -0.39 is 5.97 Å². The summed E-state index contributed by atoms with van der Waals surface area (Å²) >= 11 is 0. The van der Waals surface area contributed by atoms with E-state index >= 15 is 0 Å². The van der Waals surface area contributed by atoms with Crippen LogP contribution in [0.1, 0.15) is 18.9 Å². The number of rotatable bonds is 6. The maximum atomic E-state index is 10.5. The molecule has 1 heterocycles. The molecule has 0 aromatic carbocycles. The first-order valence-electron chi connectivity index (χ1n) is 4.54. The highest BCUT2D eigenvalue weighted by Crippen LogP contribution is 2.03. The maximum Gasteiger partial charge on any atom is 0.317 e. The van der Waals surface area contributed by atoms with Crippen LogP contribution < -0.4 is 0 Å². The van der Waals surface area contributed by atoms with Crippen molar-refractivity contribution in [3.05, 3.63) is 18.0 Å². The van der Waals surface area contributed by atoms with Gasteiger partial charge in [-0.25, -0.2) is 0 Å². The monoisotopic (exact) mass is 198 g/mol. The molecule has 0 fully saturated rings. The normalized spacial score (nSPS) is 10.7. The molecular formula is C9H14N2O3. The van der Waals surface area contributed by atoms with E-state index in [1.807, 2.05) is 11.8 Å². The van der Waals surface area contributed by atoms with Crippen LogP contribution in [0.3, 0.4) is 0 Å². The van der Waals surface area contributed by atoms with Gasteiger partial charge in [-0.3, -0.25) is 9.69 Å². The summed E-state index contributed by atoms with van der Waals surface area (Å²) in [6.45, 7) is 3.41. The molecule has 0 atom stereocenters. The van der Waals surface area contributed by atoms with Crippen LogP contribution in [0.15, 0.2) is 17.0 Å². The fraction of sp³-hybridized carbons (Fsp3) is 0.556. The topological polar surface area (TPSA) is 66.6 Å². The summed E-state index contributed by atoms with van der Waals surface area (Å²) in [5, 5.41) is 12.2. The second-order valence-electron chi connectivity index (χ2n) is 3.14. The molecule has 1 aromatic rings. The maximum absolute atomic E-state index is 10.5. The van der Waals surface area contributed by atoms with Crippen molar-refractivity contribution in [1.29, 1.82) is 0 Å². The Hall–Kier alpha value is -1.36. The summed E-state index contributed by atoms with van der Waals surface area (Å²) < 4.78 is 4.67. The quantitative estimate of drug-likeness (QED) is 0.737. The number of aromatic nitrogens is 1. The first-order valence-corrected chi connectivity index (χ1v) is 4.54. The van der Waals surface area contributed by atoms with E-state index in [9.17, 15) is 4.79 Å². The SMILES string of the molecule is CCCN(CC(=O)O)Cc1cnoc1. The third-order valence-corrected chi connectivity index (χ3v) is 1.79. The van der Waals surface area contributed by atoms with Crippen molar-refractivity contribution in [2.24, 2.45) is 0 Å². The summed E-state index contributed by atoms with van der Waals surface area (Å²) in [6, 6.07) is 0. The summed E-state index contributed by atoms with van der Waals surface area (Å²) in [5.74, 6) is -0.810. The number of nitrogens with zero attached hydrogens (tertiary/aromatic N) is 2. The van der Waals surface area contributed by atoms with Gasteiger partial charge in [0.05, 0.1) is 12.7 Å². The van der Waals surface area contributed by atoms with Crippen molar-refractivity contribution in [3.63, 3.8) is 0 Å². The number of carboxylic acid groups (broad SMARTS) is 1. The van der Waals surface area contributed by atoms with Gasteiger partial charge in [-0.1, -0.05) is 12.1 Å². The molecule has 1 rings (SSSR count).